The lowest BCUT2D eigenvalue weighted by atomic mass is 9.74. The summed E-state index contributed by atoms with van der Waals surface area (Å²) in [6, 6.07) is 7.48. The Morgan fingerprint density at radius 3 is 2.41 bits per heavy atom. The number of ketones is 1. The Bertz CT molecular complexity index is 731. The molecule has 0 aromatic heterocycles. The van der Waals surface area contributed by atoms with Gasteiger partial charge in [0.1, 0.15) is 5.54 Å². The van der Waals surface area contributed by atoms with Crippen molar-refractivity contribution >= 4 is 23.3 Å². The molecule has 29 heavy (non-hydrogen) atoms. The van der Waals surface area contributed by atoms with Crippen molar-refractivity contribution in [3.63, 3.8) is 0 Å². The molecule has 1 saturated carbocycles. The predicted molar refractivity (Wildman–Crippen MR) is 117 cm³/mol. The van der Waals surface area contributed by atoms with E-state index >= 15 is 0 Å². The number of likely N-dealkylation sites (N-methyl/N-ethyl adjacent to an activating group) is 1. The lowest BCUT2D eigenvalue weighted by Gasteiger charge is -2.45. The van der Waals surface area contributed by atoms with Crippen LogP contribution in [0.25, 0.3) is 0 Å². The van der Waals surface area contributed by atoms with Gasteiger partial charge in [0.25, 0.3) is 0 Å². The molecule has 0 radical (unpaired) electrons. The zero-order valence-corrected chi connectivity index (χ0v) is 18.7. The maximum atomic E-state index is 13.3. The molecule has 1 saturated heterocycles. The SMILES string of the molecule is CC(C)CN1CCN(CC(=O)N(C)C2(c3ccccc3Cl)CCCCC2=O)CC1. The van der Waals surface area contributed by atoms with Gasteiger partial charge >= 0.3 is 0 Å². The number of nitrogens with zero attached hydrogens (tertiary/aromatic N) is 3. The van der Waals surface area contributed by atoms with Crippen LogP contribution >= 0.6 is 11.6 Å². The van der Waals surface area contributed by atoms with E-state index in [0.717, 1.165) is 51.1 Å². The monoisotopic (exact) mass is 419 g/mol. The number of hydrogen-bond donors (Lipinski definition) is 0. The minimum absolute atomic E-state index is 0.00233. The molecule has 0 spiro atoms. The van der Waals surface area contributed by atoms with Gasteiger partial charge < -0.3 is 9.80 Å². The zero-order valence-electron chi connectivity index (χ0n) is 18.0. The van der Waals surface area contributed by atoms with Crippen LogP contribution in [0, 0.1) is 5.92 Å². The topological polar surface area (TPSA) is 43.9 Å². The van der Waals surface area contributed by atoms with Crippen molar-refractivity contribution in [1.29, 1.82) is 0 Å². The molecule has 3 rings (SSSR count). The van der Waals surface area contributed by atoms with E-state index in [0.29, 0.717) is 30.3 Å². The second kappa shape index (κ2) is 9.59. The fraction of sp³-hybridized carbons (Fsp3) is 0.652. The third kappa shape index (κ3) is 4.84. The van der Waals surface area contributed by atoms with Crippen molar-refractivity contribution in [2.24, 2.45) is 5.92 Å². The van der Waals surface area contributed by atoms with Gasteiger partial charge in [0.2, 0.25) is 5.91 Å². The summed E-state index contributed by atoms with van der Waals surface area (Å²) in [5, 5.41) is 0.560. The van der Waals surface area contributed by atoms with Crippen LogP contribution in [0.15, 0.2) is 24.3 Å². The molecule has 1 heterocycles. The normalized spacial score (nSPS) is 24.1. The quantitative estimate of drug-likeness (QED) is 0.708. The Balaban J connectivity index is 1.74. The Kier molecular flexibility index (Phi) is 7.36. The first-order valence-corrected chi connectivity index (χ1v) is 11.2. The van der Waals surface area contributed by atoms with Crippen molar-refractivity contribution in [3.8, 4) is 0 Å². The van der Waals surface area contributed by atoms with Crippen molar-refractivity contribution in [2.45, 2.75) is 45.1 Å². The summed E-state index contributed by atoms with van der Waals surface area (Å²) in [4.78, 5) is 32.8. The molecular formula is C23H34ClN3O2. The van der Waals surface area contributed by atoms with E-state index in [4.69, 9.17) is 11.6 Å². The number of amides is 1. The van der Waals surface area contributed by atoms with E-state index in [2.05, 4.69) is 23.6 Å². The molecule has 160 valence electrons. The van der Waals surface area contributed by atoms with Crippen LogP contribution in [0.1, 0.15) is 45.1 Å². The summed E-state index contributed by atoms with van der Waals surface area (Å²) in [5.41, 5.74) is -0.170. The zero-order chi connectivity index (χ0) is 21.0. The molecule has 1 atom stereocenters. The number of benzene rings is 1. The van der Waals surface area contributed by atoms with Gasteiger partial charge in [0, 0.05) is 56.8 Å². The van der Waals surface area contributed by atoms with Gasteiger partial charge in [-0.25, -0.2) is 0 Å². The lowest BCUT2D eigenvalue weighted by molar-refractivity contribution is -0.149. The van der Waals surface area contributed by atoms with E-state index in [-0.39, 0.29) is 11.7 Å². The first kappa shape index (κ1) is 22.3. The summed E-state index contributed by atoms with van der Waals surface area (Å²) in [6.07, 6.45) is 2.93. The Morgan fingerprint density at radius 1 is 1.14 bits per heavy atom. The Labute approximate surface area is 180 Å². The molecule has 1 aromatic carbocycles. The van der Waals surface area contributed by atoms with Gasteiger partial charge in [0.05, 0.1) is 6.54 Å². The van der Waals surface area contributed by atoms with Crippen LogP contribution in [0.3, 0.4) is 0 Å². The maximum Gasteiger partial charge on any atom is 0.237 e. The number of hydrogen-bond acceptors (Lipinski definition) is 4. The first-order chi connectivity index (χ1) is 13.8. The predicted octanol–water partition coefficient (Wildman–Crippen LogP) is 3.41. The van der Waals surface area contributed by atoms with Crippen molar-refractivity contribution in [1.82, 2.24) is 14.7 Å². The second-order valence-electron chi connectivity index (χ2n) is 8.89. The van der Waals surface area contributed by atoms with E-state index in [1.807, 2.05) is 24.3 Å². The Morgan fingerprint density at radius 2 is 1.79 bits per heavy atom. The van der Waals surface area contributed by atoms with Crippen molar-refractivity contribution in [3.05, 3.63) is 34.9 Å². The molecule has 1 unspecified atom stereocenters. The maximum absolute atomic E-state index is 13.3. The highest BCUT2D eigenvalue weighted by Crippen LogP contribution is 2.42. The lowest BCUT2D eigenvalue weighted by Crippen LogP contribution is -2.57. The van der Waals surface area contributed by atoms with E-state index in [9.17, 15) is 9.59 Å². The smallest absolute Gasteiger partial charge is 0.237 e. The average molecular weight is 420 g/mol. The van der Waals surface area contributed by atoms with Crippen molar-refractivity contribution < 1.29 is 9.59 Å². The molecule has 6 heteroatoms. The highest BCUT2D eigenvalue weighted by atomic mass is 35.5. The highest BCUT2D eigenvalue weighted by Gasteiger charge is 2.48. The summed E-state index contributed by atoms with van der Waals surface area (Å²) >= 11 is 6.50. The van der Waals surface area contributed by atoms with Crippen LogP contribution in [0.4, 0.5) is 0 Å². The molecule has 5 nitrogen and oxygen atoms in total. The number of carbonyl (C=O) groups is 2. The summed E-state index contributed by atoms with van der Waals surface area (Å²) in [6.45, 7) is 9.68. The van der Waals surface area contributed by atoms with Crippen molar-refractivity contribution in [2.75, 3.05) is 46.3 Å². The molecule has 0 N–H and O–H groups in total. The molecular weight excluding hydrogens is 386 g/mol. The van der Waals surface area contributed by atoms with Gasteiger partial charge in [-0.3, -0.25) is 14.5 Å². The van der Waals surface area contributed by atoms with Gasteiger partial charge in [-0.05, 0) is 31.2 Å². The van der Waals surface area contributed by atoms with Gasteiger partial charge in [0.15, 0.2) is 5.78 Å². The summed E-state index contributed by atoms with van der Waals surface area (Å²) in [7, 11) is 1.78. The molecule has 0 bridgehead atoms. The fourth-order valence-electron chi connectivity index (χ4n) is 4.79. The third-order valence-electron chi connectivity index (χ3n) is 6.37. The molecule has 1 aliphatic carbocycles. The average Bonchev–Trinajstić information content (AvgIpc) is 2.69. The number of halogens is 1. The van der Waals surface area contributed by atoms with Gasteiger partial charge in [-0.15, -0.1) is 0 Å². The minimum Gasteiger partial charge on any atom is -0.328 e. The van der Waals surface area contributed by atoms with E-state index in [1.165, 1.54) is 0 Å². The number of Topliss-reactive ketones (excluding diaryl/α,β-unsaturated/α-hetero) is 1. The molecule has 1 amide bonds. The van der Waals surface area contributed by atoms with Gasteiger partial charge in [-0.1, -0.05) is 43.6 Å². The van der Waals surface area contributed by atoms with Crippen LogP contribution in [0.5, 0.6) is 0 Å². The van der Waals surface area contributed by atoms with E-state index in [1.54, 1.807) is 11.9 Å². The Hall–Kier alpha value is -1.43. The third-order valence-corrected chi connectivity index (χ3v) is 6.70. The molecule has 1 aromatic rings. The van der Waals surface area contributed by atoms with Crippen LogP contribution in [-0.2, 0) is 15.1 Å². The fourth-order valence-corrected chi connectivity index (χ4v) is 5.08. The van der Waals surface area contributed by atoms with E-state index < -0.39 is 5.54 Å². The van der Waals surface area contributed by atoms with Gasteiger partial charge in [-0.2, -0.15) is 0 Å². The van der Waals surface area contributed by atoms with Crippen LogP contribution < -0.4 is 0 Å². The first-order valence-electron chi connectivity index (χ1n) is 10.8. The second-order valence-corrected chi connectivity index (χ2v) is 9.30. The number of piperazine rings is 1. The standard InChI is InChI=1S/C23H34ClN3O2/c1-18(2)16-26-12-14-27(15-13-26)17-22(29)25(3)23(11-7-6-10-21(23)28)19-8-4-5-9-20(19)24/h4-5,8-9,18H,6-7,10-17H2,1-3H3. The largest absolute Gasteiger partial charge is 0.328 e. The van der Waals surface area contributed by atoms with Crippen LogP contribution in [-0.4, -0.2) is 72.7 Å². The van der Waals surface area contributed by atoms with Crippen LogP contribution in [0.2, 0.25) is 5.02 Å². The number of rotatable bonds is 6. The molecule has 1 aliphatic heterocycles. The number of carbonyl (C=O) groups excluding carboxylic acids is 2. The summed E-state index contributed by atoms with van der Waals surface area (Å²) in [5.74, 6) is 0.758. The molecule has 2 aliphatic rings. The minimum atomic E-state index is -0.937. The highest BCUT2D eigenvalue weighted by molar-refractivity contribution is 6.31. The summed E-state index contributed by atoms with van der Waals surface area (Å²) < 4.78 is 0. The molecule has 2 fully saturated rings.